The minimum atomic E-state index is -3.29. The smallest absolute Gasteiger partial charge is 0.319 e. The molecule has 1 saturated heterocycles. The number of morpholine rings is 1. The monoisotopic (exact) mass is 487 g/mol. The van der Waals surface area contributed by atoms with Gasteiger partial charge in [-0.15, -0.1) is 0 Å². The first-order valence-corrected chi connectivity index (χ1v) is 13.2. The Balaban J connectivity index is 1.47. The Hall–Kier alpha value is -2.76. The minimum absolute atomic E-state index is 0.135. The summed E-state index contributed by atoms with van der Waals surface area (Å²) in [6.07, 6.45) is 2.66. The van der Waals surface area contributed by atoms with Crippen molar-refractivity contribution in [3.05, 3.63) is 36.0 Å². The molecule has 3 fully saturated rings. The SMILES string of the molecule is O=C(NCCO)Nc1ccc(-c2nc(N3CCOCC3)cc(C3(S(=O)(=O)C4CC4)CC3)n2)cc1. The van der Waals surface area contributed by atoms with E-state index in [0.717, 1.165) is 18.4 Å². The number of amides is 2. The topological polar surface area (TPSA) is 134 Å². The minimum Gasteiger partial charge on any atom is -0.395 e. The van der Waals surface area contributed by atoms with Crippen LogP contribution in [0.1, 0.15) is 31.4 Å². The fourth-order valence-electron chi connectivity index (χ4n) is 4.30. The van der Waals surface area contributed by atoms with Crippen molar-refractivity contribution in [2.45, 2.75) is 35.7 Å². The average molecular weight is 488 g/mol. The van der Waals surface area contributed by atoms with Crippen LogP contribution in [0.4, 0.5) is 16.3 Å². The number of nitrogens with zero attached hydrogens (tertiary/aromatic N) is 3. The number of aliphatic hydroxyl groups excluding tert-OH is 1. The lowest BCUT2D eigenvalue weighted by Gasteiger charge is -2.29. The molecule has 182 valence electrons. The first kappa shape index (κ1) is 23.0. The quantitative estimate of drug-likeness (QED) is 0.512. The number of carbonyl (C=O) groups is 1. The van der Waals surface area contributed by atoms with Gasteiger partial charge in [-0.1, -0.05) is 0 Å². The van der Waals surface area contributed by atoms with Gasteiger partial charge in [0.15, 0.2) is 15.7 Å². The molecule has 0 atom stereocenters. The van der Waals surface area contributed by atoms with Gasteiger partial charge in [0.2, 0.25) is 0 Å². The zero-order valence-electron chi connectivity index (χ0n) is 18.9. The highest BCUT2D eigenvalue weighted by atomic mass is 32.2. The van der Waals surface area contributed by atoms with Crippen LogP contribution in [-0.2, 0) is 19.3 Å². The van der Waals surface area contributed by atoms with Crippen molar-refractivity contribution in [2.75, 3.05) is 49.7 Å². The zero-order valence-corrected chi connectivity index (χ0v) is 19.7. The highest BCUT2D eigenvalue weighted by molar-refractivity contribution is 7.93. The predicted octanol–water partition coefficient (Wildman–Crippen LogP) is 1.66. The van der Waals surface area contributed by atoms with Crippen molar-refractivity contribution in [1.82, 2.24) is 15.3 Å². The van der Waals surface area contributed by atoms with E-state index in [-0.39, 0.29) is 18.4 Å². The molecule has 0 radical (unpaired) electrons. The number of rotatable bonds is 8. The molecular formula is C23H29N5O5S. The molecule has 0 bridgehead atoms. The molecule has 2 heterocycles. The van der Waals surface area contributed by atoms with E-state index in [2.05, 4.69) is 15.5 Å². The van der Waals surface area contributed by atoms with Crippen molar-refractivity contribution in [3.8, 4) is 11.4 Å². The number of urea groups is 1. The second-order valence-electron chi connectivity index (χ2n) is 8.95. The third-order valence-electron chi connectivity index (χ3n) is 6.52. The van der Waals surface area contributed by atoms with E-state index in [1.807, 2.05) is 6.07 Å². The second kappa shape index (κ2) is 9.12. The van der Waals surface area contributed by atoms with Gasteiger partial charge in [0, 0.05) is 37.0 Å². The van der Waals surface area contributed by atoms with Crippen LogP contribution in [0.3, 0.4) is 0 Å². The van der Waals surface area contributed by atoms with Gasteiger partial charge in [-0.05, 0) is 49.9 Å². The molecule has 3 aliphatic rings. The lowest BCUT2D eigenvalue weighted by atomic mass is 10.1. The summed E-state index contributed by atoms with van der Waals surface area (Å²) in [6.45, 7) is 2.59. The Kier molecular flexibility index (Phi) is 6.17. The molecule has 0 unspecified atom stereocenters. The van der Waals surface area contributed by atoms with Crippen LogP contribution < -0.4 is 15.5 Å². The lowest BCUT2D eigenvalue weighted by Crippen LogP contribution is -2.37. The van der Waals surface area contributed by atoms with E-state index in [1.54, 1.807) is 24.3 Å². The fraction of sp³-hybridized carbons (Fsp3) is 0.522. The highest BCUT2D eigenvalue weighted by Crippen LogP contribution is 2.57. The molecule has 1 aromatic carbocycles. The average Bonchev–Trinajstić information content (AvgIpc) is 3.77. The molecule has 11 heteroatoms. The lowest BCUT2D eigenvalue weighted by molar-refractivity contribution is 0.122. The first-order chi connectivity index (χ1) is 16.4. The molecule has 34 heavy (non-hydrogen) atoms. The number of anilines is 2. The summed E-state index contributed by atoms with van der Waals surface area (Å²) in [7, 11) is -3.29. The third-order valence-corrected chi connectivity index (χ3v) is 9.58. The molecule has 10 nitrogen and oxygen atoms in total. The van der Waals surface area contributed by atoms with Crippen molar-refractivity contribution in [3.63, 3.8) is 0 Å². The summed E-state index contributed by atoms with van der Waals surface area (Å²) in [5, 5.41) is 13.8. The Bertz CT molecular complexity index is 1160. The number of ether oxygens (including phenoxy) is 1. The summed E-state index contributed by atoms with van der Waals surface area (Å²) >= 11 is 0. The maximum absolute atomic E-state index is 13.3. The van der Waals surface area contributed by atoms with Gasteiger partial charge in [-0.2, -0.15) is 0 Å². The molecular weight excluding hydrogens is 458 g/mol. The number of sulfone groups is 1. The molecule has 1 aromatic heterocycles. The summed E-state index contributed by atoms with van der Waals surface area (Å²) in [5.41, 5.74) is 1.90. The van der Waals surface area contributed by atoms with Crippen LogP contribution in [0, 0.1) is 0 Å². The number of hydrogen-bond donors (Lipinski definition) is 3. The van der Waals surface area contributed by atoms with E-state index in [0.29, 0.717) is 62.2 Å². The van der Waals surface area contributed by atoms with E-state index >= 15 is 0 Å². The molecule has 2 aliphatic carbocycles. The third kappa shape index (κ3) is 4.47. The van der Waals surface area contributed by atoms with E-state index < -0.39 is 20.6 Å². The Morgan fingerprint density at radius 1 is 1.15 bits per heavy atom. The predicted molar refractivity (Wildman–Crippen MR) is 127 cm³/mol. The van der Waals surface area contributed by atoms with Crippen molar-refractivity contribution >= 4 is 27.4 Å². The summed E-state index contributed by atoms with van der Waals surface area (Å²) in [4.78, 5) is 23.5. The molecule has 3 N–H and O–H groups in total. The van der Waals surface area contributed by atoms with Gasteiger partial charge < -0.3 is 25.4 Å². The Morgan fingerprint density at radius 2 is 1.85 bits per heavy atom. The Labute approximate surface area is 198 Å². The van der Waals surface area contributed by atoms with Crippen LogP contribution in [0.5, 0.6) is 0 Å². The number of hydrogen-bond acceptors (Lipinski definition) is 8. The van der Waals surface area contributed by atoms with E-state index in [9.17, 15) is 13.2 Å². The fourth-order valence-corrected chi connectivity index (χ4v) is 6.76. The number of benzene rings is 1. The molecule has 0 spiro atoms. The molecule has 2 aromatic rings. The van der Waals surface area contributed by atoms with Crippen LogP contribution in [0.25, 0.3) is 11.4 Å². The first-order valence-electron chi connectivity index (χ1n) is 11.6. The molecule has 1 aliphatic heterocycles. The van der Waals surface area contributed by atoms with Crippen LogP contribution >= 0.6 is 0 Å². The normalized spacial score (nSPS) is 19.5. The van der Waals surface area contributed by atoms with Gasteiger partial charge in [-0.3, -0.25) is 0 Å². The van der Waals surface area contributed by atoms with Gasteiger partial charge in [-0.25, -0.2) is 23.2 Å². The number of aliphatic hydroxyl groups is 1. The van der Waals surface area contributed by atoms with Gasteiger partial charge in [0.25, 0.3) is 0 Å². The standard InChI is InChI=1S/C23H29N5O5S/c29-12-9-24-22(30)25-17-3-1-16(2-4-17)21-26-19(15-20(27-21)28-10-13-33-14-11-28)23(7-8-23)34(31,32)18-5-6-18/h1-4,15,18,29H,5-14H2,(H2,24,25,30). The van der Waals surface area contributed by atoms with E-state index in [4.69, 9.17) is 19.8 Å². The summed E-state index contributed by atoms with van der Waals surface area (Å²) < 4.78 is 31.1. The Morgan fingerprint density at radius 3 is 2.47 bits per heavy atom. The van der Waals surface area contributed by atoms with Gasteiger partial charge >= 0.3 is 6.03 Å². The van der Waals surface area contributed by atoms with Crippen LogP contribution in [0.2, 0.25) is 0 Å². The summed E-state index contributed by atoms with van der Waals surface area (Å²) in [6, 6.07) is 8.54. The number of carbonyl (C=O) groups excluding carboxylic acids is 1. The molecule has 5 rings (SSSR count). The van der Waals surface area contributed by atoms with Crippen molar-refractivity contribution in [1.29, 1.82) is 0 Å². The van der Waals surface area contributed by atoms with Crippen molar-refractivity contribution < 1.29 is 23.1 Å². The number of nitrogens with one attached hydrogen (secondary N) is 2. The van der Waals surface area contributed by atoms with Gasteiger partial charge in [0.1, 0.15) is 10.6 Å². The highest BCUT2D eigenvalue weighted by Gasteiger charge is 2.61. The maximum Gasteiger partial charge on any atom is 0.319 e. The second-order valence-corrected chi connectivity index (χ2v) is 11.5. The van der Waals surface area contributed by atoms with Gasteiger partial charge in [0.05, 0.1) is 30.8 Å². The van der Waals surface area contributed by atoms with E-state index in [1.165, 1.54) is 0 Å². The van der Waals surface area contributed by atoms with Crippen molar-refractivity contribution in [2.24, 2.45) is 0 Å². The zero-order chi connectivity index (χ0) is 23.8. The van der Waals surface area contributed by atoms with Crippen LogP contribution in [-0.4, -0.2) is 74.2 Å². The number of aromatic nitrogens is 2. The summed E-state index contributed by atoms with van der Waals surface area (Å²) in [5.74, 6) is 1.18. The molecule has 2 amide bonds. The molecule has 2 saturated carbocycles. The largest absolute Gasteiger partial charge is 0.395 e. The van der Waals surface area contributed by atoms with Crippen LogP contribution in [0.15, 0.2) is 30.3 Å². The maximum atomic E-state index is 13.3.